The van der Waals surface area contributed by atoms with Crippen molar-refractivity contribution in [3.63, 3.8) is 0 Å². The number of carbonyl (C=O) groups excluding carboxylic acids is 1. The zero-order chi connectivity index (χ0) is 13.2. The van der Waals surface area contributed by atoms with Crippen LogP contribution in [-0.4, -0.2) is 18.5 Å². The van der Waals surface area contributed by atoms with E-state index < -0.39 is 0 Å². The van der Waals surface area contributed by atoms with Crippen LogP contribution in [0.1, 0.15) is 29.6 Å². The molecule has 2 nitrogen and oxygen atoms in total. The fraction of sp³-hybridized carbons (Fsp3) is 0.312. The third-order valence-corrected chi connectivity index (χ3v) is 3.94. The van der Waals surface area contributed by atoms with Crippen LogP contribution in [0.2, 0.25) is 5.02 Å². The van der Waals surface area contributed by atoms with E-state index in [4.69, 9.17) is 16.3 Å². The molecule has 0 saturated carbocycles. The quantitative estimate of drug-likeness (QED) is 0.783. The number of fused-ring (bicyclic) bond motifs is 1. The van der Waals surface area contributed by atoms with Gasteiger partial charge in [-0.1, -0.05) is 35.9 Å². The second kappa shape index (κ2) is 5.32. The highest BCUT2D eigenvalue weighted by Crippen LogP contribution is 2.28. The lowest BCUT2D eigenvalue weighted by Gasteiger charge is -2.10. The van der Waals surface area contributed by atoms with Crippen LogP contribution >= 0.6 is 11.6 Å². The van der Waals surface area contributed by atoms with Gasteiger partial charge in [0.1, 0.15) is 0 Å². The van der Waals surface area contributed by atoms with E-state index in [0.29, 0.717) is 11.4 Å². The maximum absolute atomic E-state index is 12.4. The number of carbonyl (C=O) groups is 1. The number of hydrogen-bond donors (Lipinski definition) is 0. The standard InChI is InChI=1S/C16H15ClO2/c17-15-8-7-14(12-5-1-2-6-13(12)15)16(18)10-11-4-3-9-19-11/h1-2,5-8,11H,3-4,9-10H2. The minimum absolute atomic E-state index is 0.0851. The Bertz CT molecular complexity index is 615. The van der Waals surface area contributed by atoms with Gasteiger partial charge < -0.3 is 4.74 Å². The highest BCUT2D eigenvalue weighted by Gasteiger charge is 2.21. The number of ether oxygens (including phenoxy) is 1. The van der Waals surface area contributed by atoms with Gasteiger partial charge in [-0.2, -0.15) is 0 Å². The summed E-state index contributed by atoms with van der Waals surface area (Å²) < 4.78 is 5.53. The van der Waals surface area contributed by atoms with Gasteiger partial charge in [0.2, 0.25) is 0 Å². The van der Waals surface area contributed by atoms with Crippen molar-refractivity contribution in [1.82, 2.24) is 0 Å². The van der Waals surface area contributed by atoms with Gasteiger partial charge in [0.05, 0.1) is 6.10 Å². The predicted molar refractivity (Wildman–Crippen MR) is 76.9 cm³/mol. The van der Waals surface area contributed by atoms with Crippen molar-refractivity contribution in [2.45, 2.75) is 25.4 Å². The molecule has 98 valence electrons. The number of rotatable bonds is 3. The van der Waals surface area contributed by atoms with Gasteiger partial charge in [0.15, 0.2) is 5.78 Å². The van der Waals surface area contributed by atoms with E-state index in [1.807, 2.05) is 30.3 Å². The first-order chi connectivity index (χ1) is 9.25. The van der Waals surface area contributed by atoms with E-state index in [1.54, 1.807) is 6.07 Å². The fourth-order valence-electron chi connectivity index (χ4n) is 2.63. The number of halogens is 1. The van der Waals surface area contributed by atoms with Crippen LogP contribution in [0.3, 0.4) is 0 Å². The summed E-state index contributed by atoms with van der Waals surface area (Å²) in [6, 6.07) is 11.4. The van der Waals surface area contributed by atoms with Crippen molar-refractivity contribution in [3.8, 4) is 0 Å². The molecule has 1 aliphatic heterocycles. The van der Waals surface area contributed by atoms with Crippen LogP contribution in [0.4, 0.5) is 0 Å². The molecule has 1 saturated heterocycles. The predicted octanol–water partition coefficient (Wildman–Crippen LogP) is 4.25. The van der Waals surface area contributed by atoms with E-state index in [2.05, 4.69) is 0 Å². The molecule has 3 heteroatoms. The summed E-state index contributed by atoms with van der Waals surface area (Å²) in [7, 11) is 0. The van der Waals surface area contributed by atoms with E-state index in [1.165, 1.54) is 0 Å². The Morgan fingerprint density at radius 3 is 2.74 bits per heavy atom. The third-order valence-electron chi connectivity index (χ3n) is 3.61. The molecule has 0 radical (unpaired) electrons. The molecular weight excluding hydrogens is 260 g/mol. The Morgan fingerprint density at radius 1 is 1.21 bits per heavy atom. The SMILES string of the molecule is O=C(CC1CCCO1)c1ccc(Cl)c2ccccc12. The van der Waals surface area contributed by atoms with Crippen molar-refractivity contribution in [2.24, 2.45) is 0 Å². The normalized spacial score (nSPS) is 18.9. The molecule has 0 N–H and O–H groups in total. The lowest BCUT2D eigenvalue weighted by atomic mass is 9.97. The Kier molecular flexibility index (Phi) is 3.54. The lowest BCUT2D eigenvalue weighted by Crippen LogP contribution is -2.12. The number of hydrogen-bond acceptors (Lipinski definition) is 2. The van der Waals surface area contributed by atoms with Gasteiger partial charge in [0.25, 0.3) is 0 Å². The first kappa shape index (κ1) is 12.6. The van der Waals surface area contributed by atoms with E-state index >= 15 is 0 Å². The maximum atomic E-state index is 12.4. The van der Waals surface area contributed by atoms with Gasteiger partial charge in [-0.15, -0.1) is 0 Å². The van der Waals surface area contributed by atoms with Gasteiger partial charge in [0, 0.05) is 29.0 Å². The fourth-order valence-corrected chi connectivity index (χ4v) is 2.86. The molecule has 19 heavy (non-hydrogen) atoms. The molecule has 3 rings (SSSR count). The highest BCUT2D eigenvalue weighted by molar-refractivity contribution is 6.36. The summed E-state index contributed by atoms with van der Waals surface area (Å²) >= 11 is 6.17. The minimum atomic E-state index is 0.0851. The van der Waals surface area contributed by atoms with Gasteiger partial charge in [-0.25, -0.2) is 0 Å². The summed E-state index contributed by atoms with van der Waals surface area (Å²) in [5.74, 6) is 0.139. The average molecular weight is 275 g/mol. The monoisotopic (exact) mass is 274 g/mol. The summed E-state index contributed by atoms with van der Waals surface area (Å²) in [5.41, 5.74) is 0.746. The first-order valence-electron chi connectivity index (χ1n) is 6.58. The highest BCUT2D eigenvalue weighted by atomic mass is 35.5. The second-order valence-corrected chi connectivity index (χ2v) is 5.31. The summed E-state index contributed by atoms with van der Waals surface area (Å²) in [4.78, 5) is 12.4. The van der Waals surface area contributed by atoms with Crippen LogP contribution in [0, 0.1) is 0 Å². The van der Waals surface area contributed by atoms with Crippen molar-refractivity contribution in [1.29, 1.82) is 0 Å². The summed E-state index contributed by atoms with van der Waals surface area (Å²) in [5, 5.41) is 2.55. The Labute approximate surface area is 117 Å². The molecule has 0 bridgehead atoms. The average Bonchev–Trinajstić information content (AvgIpc) is 2.92. The van der Waals surface area contributed by atoms with Crippen LogP contribution in [0.5, 0.6) is 0 Å². The molecule has 2 aromatic carbocycles. The molecule has 1 fully saturated rings. The molecule has 1 atom stereocenters. The van der Waals surface area contributed by atoms with Crippen LogP contribution in [0.25, 0.3) is 10.8 Å². The zero-order valence-electron chi connectivity index (χ0n) is 10.6. The maximum Gasteiger partial charge on any atom is 0.166 e. The lowest BCUT2D eigenvalue weighted by molar-refractivity contribution is 0.0777. The van der Waals surface area contributed by atoms with Crippen LogP contribution < -0.4 is 0 Å². The van der Waals surface area contributed by atoms with Crippen molar-refractivity contribution < 1.29 is 9.53 Å². The number of benzene rings is 2. The molecule has 1 heterocycles. The molecule has 0 aliphatic carbocycles. The Hall–Kier alpha value is -1.38. The molecule has 0 amide bonds. The van der Waals surface area contributed by atoms with Crippen molar-refractivity contribution in [2.75, 3.05) is 6.61 Å². The Morgan fingerprint density at radius 2 is 2.00 bits per heavy atom. The van der Waals surface area contributed by atoms with Gasteiger partial charge in [-0.3, -0.25) is 4.79 Å². The topological polar surface area (TPSA) is 26.3 Å². The first-order valence-corrected chi connectivity index (χ1v) is 6.95. The van der Waals surface area contributed by atoms with E-state index in [0.717, 1.165) is 35.8 Å². The molecule has 1 unspecified atom stereocenters. The minimum Gasteiger partial charge on any atom is -0.378 e. The van der Waals surface area contributed by atoms with Crippen LogP contribution in [-0.2, 0) is 4.74 Å². The van der Waals surface area contributed by atoms with Gasteiger partial charge in [-0.05, 0) is 30.4 Å². The van der Waals surface area contributed by atoms with Crippen molar-refractivity contribution >= 4 is 28.2 Å². The zero-order valence-corrected chi connectivity index (χ0v) is 11.3. The van der Waals surface area contributed by atoms with Crippen LogP contribution in [0.15, 0.2) is 36.4 Å². The number of Topliss-reactive ketones (excluding diaryl/α,β-unsaturated/α-hetero) is 1. The summed E-state index contributed by atoms with van der Waals surface area (Å²) in [6.45, 7) is 0.777. The third kappa shape index (κ3) is 2.51. The molecule has 1 aliphatic rings. The molecule has 2 aromatic rings. The smallest absolute Gasteiger partial charge is 0.166 e. The van der Waals surface area contributed by atoms with Gasteiger partial charge >= 0.3 is 0 Å². The molecule has 0 aromatic heterocycles. The molecular formula is C16H15ClO2. The van der Waals surface area contributed by atoms with E-state index in [-0.39, 0.29) is 11.9 Å². The largest absolute Gasteiger partial charge is 0.378 e. The van der Waals surface area contributed by atoms with Crippen molar-refractivity contribution in [3.05, 3.63) is 47.0 Å². The summed E-state index contributed by atoms with van der Waals surface area (Å²) in [6.07, 6.45) is 2.59. The van der Waals surface area contributed by atoms with E-state index in [9.17, 15) is 4.79 Å². The number of ketones is 1. The second-order valence-electron chi connectivity index (χ2n) is 4.90. The Balaban J connectivity index is 1.95. The molecule has 0 spiro atoms.